The highest BCUT2D eigenvalue weighted by Gasteiger charge is 2.29. The molecule has 1 fully saturated rings. The summed E-state index contributed by atoms with van der Waals surface area (Å²) in [7, 11) is -2.82. The molecule has 0 unspecified atom stereocenters. The minimum Gasteiger partial charge on any atom is -0.343 e. The molecule has 2 rings (SSSR count). The lowest BCUT2D eigenvalue weighted by atomic mass is 10.2. The molecule has 0 amide bonds. The molecular formula is C9H11O2PS2. The van der Waals surface area contributed by atoms with E-state index < -0.39 is 7.37 Å². The third-order valence-corrected chi connectivity index (χ3v) is 8.31. The van der Waals surface area contributed by atoms with Crippen LogP contribution in [0.3, 0.4) is 0 Å². The molecule has 1 aromatic rings. The molecular weight excluding hydrogens is 235 g/mol. The van der Waals surface area contributed by atoms with Crippen LogP contribution in [-0.4, -0.2) is 15.9 Å². The Hall–Kier alpha value is 0.110. The van der Waals surface area contributed by atoms with Gasteiger partial charge < -0.3 is 4.89 Å². The zero-order valence-electron chi connectivity index (χ0n) is 7.50. The quantitative estimate of drug-likeness (QED) is 0.771. The number of hydrogen-bond acceptors (Lipinski definition) is 3. The second kappa shape index (κ2) is 4.31. The summed E-state index contributed by atoms with van der Waals surface area (Å²) < 4.78 is 11.6. The molecule has 1 N–H and O–H groups in total. The Bertz CT molecular complexity index is 343. The van der Waals surface area contributed by atoms with E-state index in [0.717, 1.165) is 0 Å². The van der Waals surface area contributed by atoms with E-state index in [2.05, 4.69) is 12.1 Å². The van der Waals surface area contributed by atoms with Crippen molar-refractivity contribution >= 4 is 30.9 Å². The van der Waals surface area contributed by atoms with Crippen molar-refractivity contribution in [3.63, 3.8) is 0 Å². The van der Waals surface area contributed by atoms with E-state index in [0.29, 0.717) is 15.6 Å². The maximum Gasteiger partial charge on any atom is 0.219 e. The van der Waals surface area contributed by atoms with Crippen LogP contribution in [0, 0.1) is 0 Å². The zero-order chi connectivity index (χ0) is 10.0. The summed E-state index contributed by atoms with van der Waals surface area (Å²) in [5.74, 6) is 0. The average molecular weight is 246 g/mol. The van der Waals surface area contributed by atoms with Gasteiger partial charge in [0.1, 0.15) is 0 Å². The van der Waals surface area contributed by atoms with E-state index >= 15 is 0 Å². The van der Waals surface area contributed by atoms with Crippen molar-refractivity contribution in [1.82, 2.24) is 0 Å². The predicted molar refractivity (Wildman–Crippen MR) is 63.9 cm³/mol. The fourth-order valence-electron chi connectivity index (χ4n) is 1.26. The predicted octanol–water partition coefficient (Wildman–Crippen LogP) is 3.35. The zero-order valence-corrected chi connectivity index (χ0v) is 10.0. The molecule has 0 bridgehead atoms. The molecule has 0 spiro atoms. The van der Waals surface area contributed by atoms with Crippen LogP contribution in [-0.2, 0) is 4.57 Å². The van der Waals surface area contributed by atoms with Gasteiger partial charge in [0.15, 0.2) is 0 Å². The van der Waals surface area contributed by atoms with Gasteiger partial charge in [-0.05, 0) is 5.56 Å². The molecule has 1 heterocycles. The van der Waals surface area contributed by atoms with E-state index in [9.17, 15) is 9.46 Å². The largest absolute Gasteiger partial charge is 0.343 e. The molecule has 0 atom stereocenters. The van der Waals surface area contributed by atoms with Crippen molar-refractivity contribution < 1.29 is 9.46 Å². The van der Waals surface area contributed by atoms with Crippen LogP contribution in [0.15, 0.2) is 30.3 Å². The summed E-state index contributed by atoms with van der Waals surface area (Å²) in [6.45, 7) is 0. The van der Waals surface area contributed by atoms with E-state index in [4.69, 9.17) is 0 Å². The van der Waals surface area contributed by atoms with Crippen molar-refractivity contribution in [2.45, 2.75) is 4.58 Å². The van der Waals surface area contributed by atoms with Gasteiger partial charge in [-0.25, -0.2) is 0 Å². The Morgan fingerprint density at radius 3 is 2.36 bits per heavy atom. The first-order chi connectivity index (χ1) is 6.67. The molecule has 1 aromatic carbocycles. The van der Waals surface area contributed by atoms with Crippen LogP contribution in [0.4, 0.5) is 0 Å². The Labute approximate surface area is 91.9 Å². The van der Waals surface area contributed by atoms with E-state index in [1.807, 2.05) is 18.2 Å². The van der Waals surface area contributed by atoms with Crippen LogP contribution in [0.5, 0.6) is 0 Å². The summed E-state index contributed by atoms with van der Waals surface area (Å²) >= 11 is 3.15. The number of benzene rings is 1. The van der Waals surface area contributed by atoms with Crippen molar-refractivity contribution in [2.24, 2.45) is 0 Å². The molecule has 0 saturated carbocycles. The molecule has 0 aliphatic carbocycles. The highest BCUT2D eigenvalue weighted by molar-refractivity contribution is 8.23. The van der Waals surface area contributed by atoms with Crippen LogP contribution in [0.25, 0.3) is 0 Å². The number of rotatable bonds is 1. The third-order valence-electron chi connectivity index (χ3n) is 1.93. The lowest BCUT2D eigenvalue weighted by Crippen LogP contribution is -2.01. The molecule has 5 heteroatoms. The van der Waals surface area contributed by atoms with Crippen molar-refractivity contribution in [3.05, 3.63) is 35.9 Å². The van der Waals surface area contributed by atoms with Gasteiger partial charge >= 0.3 is 0 Å². The molecule has 0 radical (unpaired) electrons. The molecule has 0 aromatic heterocycles. The van der Waals surface area contributed by atoms with Gasteiger partial charge in [0.05, 0.1) is 15.6 Å². The summed E-state index contributed by atoms with van der Waals surface area (Å²) in [6, 6.07) is 10.1. The first-order valence-corrected chi connectivity index (χ1v) is 8.39. The number of hydrogen-bond donors (Lipinski definition) is 1. The van der Waals surface area contributed by atoms with Crippen LogP contribution in [0.1, 0.15) is 10.1 Å². The number of thioether (sulfide) groups is 2. The minimum absolute atomic E-state index is 0.324. The fourth-order valence-corrected chi connectivity index (χ4v) is 7.35. The lowest BCUT2D eigenvalue weighted by Gasteiger charge is -2.24. The smallest absolute Gasteiger partial charge is 0.219 e. The molecule has 1 aliphatic rings. The highest BCUT2D eigenvalue weighted by Crippen LogP contribution is 2.59. The minimum atomic E-state index is -2.82. The van der Waals surface area contributed by atoms with Gasteiger partial charge in [-0.3, -0.25) is 4.57 Å². The van der Waals surface area contributed by atoms with Crippen LogP contribution >= 0.6 is 30.9 Å². The SMILES string of the molecule is O=P1(O)CSC(c2ccccc2)SC1. The first-order valence-electron chi connectivity index (χ1n) is 4.26. The van der Waals surface area contributed by atoms with Crippen molar-refractivity contribution in [2.75, 3.05) is 11.0 Å². The van der Waals surface area contributed by atoms with Crippen molar-refractivity contribution in [3.8, 4) is 0 Å². The Kier molecular flexibility index (Phi) is 3.27. The lowest BCUT2D eigenvalue weighted by molar-refractivity contribution is 0.489. The third kappa shape index (κ3) is 2.57. The van der Waals surface area contributed by atoms with Gasteiger partial charge in [0, 0.05) is 0 Å². The molecule has 1 aliphatic heterocycles. The standard InChI is InChI=1S/C9H11O2PS2/c10-12(11)6-13-9(14-7-12)8-4-2-1-3-5-8/h1-5,9H,6-7H2,(H,10,11). The Morgan fingerprint density at radius 1 is 1.21 bits per heavy atom. The summed E-state index contributed by atoms with van der Waals surface area (Å²) in [5.41, 5.74) is 2.02. The van der Waals surface area contributed by atoms with Gasteiger partial charge in [-0.2, -0.15) is 0 Å². The summed E-state index contributed by atoms with van der Waals surface area (Å²) in [5, 5.41) is 0. The normalized spacial score (nSPS) is 32.8. The van der Waals surface area contributed by atoms with Crippen LogP contribution in [0.2, 0.25) is 0 Å². The van der Waals surface area contributed by atoms with E-state index in [1.54, 1.807) is 23.5 Å². The summed E-state index contributed by atoms with van der Waals surface area (Å²) in [4.78, 5) is 9.35. The first kappa shape index (κ1) is 10.6. The van der Waals surface area contributed by atoms with Crippen molar-refractivity contribution in [1.29, 1.82) is 0 Å². The topological polar surface area (TPSA) is 37.3 Å². The monoisotopic (exact) mass is 246 g/mol. The van der Waals surface area contributed by atoms with E-state index in [1.165, 1.54) is 5.56 Å². The molecule has 2 nitrogen and oxygen atoms in total. The van der Waals surface area contributed by atoms with Gasteiger partial charge in [0.25, 0.3) is 0 Å². The van der Waals surface area contributed by atoms with Gasteiger partial charge in [0.2, 0.25) is 7.37 Å². The second-order valence-electron chi connectivity index (χ2n) is 3.18. The molecule has 76 valence electrons. The fraction of sp³-hybridized carbons (Fsp3) is 0.333. The Balaban J connectivity index is 2.06. The Morgan fingerprint density at radius 2 is 1.79 bits per heavy atom. The maximum absolute atomic E-state index is 11.3. The average Bonchev–Trinajstić information content (AvgIpc) is 2.19. The molecule has 14 heavy (non-hydrogen) atoms. The second-order valence-corrected chi connectivity index (χ2v) is 8.85. The van der Waals surface area contributed by atoms with E-state index in [-0.39, 0.29) is 0 Å². The highest BCUT2D eigenvalue weighted by atomic mass is 32.2. The van der Waals surface area contributed by atoms with Gasteiger partial charge in [-0.15, -0.1) is 23.5 Å². The molecule has 1 saturated heterocycles. The summed E-state index contributed by atoms with van der Waals surface area (Å²) in [6.07, 6.45) is 0. The van der Waals surface area contributed by atoms with Crippen LogP contribution < -0.4 is 0 Å². The van der Waals surface area contributed by atoms with Gasteiger partial charge in [-0.1, -0.05) is 30.3 Å². The maximum atomic E-state index is 11.3.